The van der Waals surface area contributed by atoms with Gasteiger partial charge in [-0.25, -0.2) is 4.99 Å². The van der Waals surface area contributed by atoms with Gasteiger partial charge in [0.1, 0.15) is 11.5 Å². The van der Waals surface area contributed by atoms with Crippen molar-refractivity contribution in [2.45, 2.75) is 6.17 Å². The normalized spacial score (nSPS) is 18.3. The lowest BCUT2D eigenvalue weighted by atomic mass is 10.0. The Balaban J connectivity index is 1.92. The van der Waals surface area contributed by atoms with Gasteiger partial charge in [-0.05, 0) is 24.3 Å². The van der Waals surface area contributed by atoms with Gasteiger partial charge in [0.25, 0.3) is 0 Å². The van der Waals surface area contributed by atoms with Crippen molar-refractivity contribution in [1.82, 2.24) is 0 Å². The van der Waals surface area contributed by atoms with Gasteiger partial charge in [-0.3, -0.25) is 4.48 Å². The van der Waals surface area contributed by atoms with E-state index < -0.39 is 6.17 Å². The summed E-state index contributed by atoms with van der Waals surface area (Å²) < 4.78 is 0.332. The Morgan fingerprint density at radius 1 is 0.786 bits per heavy atom. The Hall–Kier alpha value is -3.44. The van der Waals surface area contributed by atoms with E-state index in [1.165, 1.54) is 6.07 Å². The predicted molar refractivity (Wildman–Crippen MR) is 111 cm³/mol. The molecular formula is C23H22N3O2+. The van der Waals surface area contributed by atoms with E-state index in [2.05, 4.69) is 0 Å². The third-order valence-electron chi connectivity index (χ3n) is 4.97. The first kappa shape index (κ1) is 17.9. The van der Waals surface area contributed by atoms with Crippen molar-refractivity contribution in [2.75, 3.05) is 14.1 Å². The van der Waals surface area contributed by atoms with Crippen LogP contribution in [0.25, 0.3) is 0 Å². The number of aromatic hydroxyl groups is 2. The molecule has 3 aromatic carbocycles. The van der Waals surface area contributed by atoms with Crippen molar-refractivity contribution in [1.29, 1.82) is 0 Å². The molecule has 140 valence electrons. The molecule has 0 aliphatic carbocycles. The van der Waals surface area contributed by atoms with Crippen LogP contribution in [0, 0.1) is 0 Å². The molecule has 0 amide bonds. The molecular weight excluding hydrogens is 350 g/mol. The van der Waals surface area contributed by atoms with E-state index in [1.807, 2.05) is 74.8 Å². The van der Waals surface area contributed by atoms with Gasteiger partial charge in [-0.1, -0.05) is 48.5 Å². The van der Waals surface area contributed by atoms with Gasteiger partial charge >= 0.3 is 0 Å². The monoisotopic (exact) mass is 372 g/mol. The highest BCUT2D eigenvalue weighted by molar-refractivity contribution is 6.10. The van der Waals surface area contributed by atoms with E-state index in [-0.39, 0.29) is 11.5 Å². The smallest absolute Gasteiger partial charge is 0.238 e. The number of benzene rings is 3. The maximum absolute atomic E-state index is 10.5. The molecule has 0 fully saturated rings. The molecule has 2 N–H and O–H groups in total. The predicted octanol–water partition coefficient (Wildman–Crippen LogP) is 4.08. The van der Waals surface area contributed by atoms with Gasteiger partial charge < -0.3 is 10.2 Å². The second-order valence-electron chi connectivity index (χ2n) is 7.28. The number of phenols is 2. The second kappa shape index (κ2) is 6.94. The van der Waals surface area contributed by atoms with E-state index in [1.54, 1.807) is 12.1 Å². The number of amidine groups is 2. The first-order valence-electron chi connectivity index (χ1n) is 9.10. The molecule has 0 spiro atoms. The molecule has 5 heteroatoms. The largest absolute Gasteiger partial charge is 0.508 e. The fraction of sp³-hybridized carbons (Fsp3) is 0.130. The van der Waals surface area contributed by atoms with Crippen LogP contribution in [-0.4, -0.2) is 40.5 Å². The quantitative estimate of drug-likeness (QED) is 0.681. The summed E-state index contributed by atoms with van der Waals surface area (Å²) in [4.78, 5) is 9.81. The molecule has 4 rings (SSSR count). The summed E-state index contributed by atoms with van der Waals surface area (Å²) >= 11 is 0. The minimum atomic E-state index is -0.413. The van der Waals surface area contributed by atoms with E-state index in [9.17, 15) is 10.2 Å². The zero-order valence-electron chi connectivity index (χ0n) is 15.8. The molecule has 0 aromatic heterocycles. The Morgan fingerprint density at radius 3 is 2.00 bits per heavy atom. The Kier molecular flexibility index (Phi) is 4.45. The second-order valence-corrected chi connectivity index (χ2v) is 7.28. The van der Waals surface area contributed by atoms with Gasteiger partial charge in [-0.15, -0.1) is 0 Å². The summed E-state index contributed by atoms with van der Waals surface area (Å²) in [6.07, 6.45) is -0.413. The summed E-state index contributed by atoms with van der Waals surface area (Å²) in [5, 5.41) is 20.2. The molecule has 3 aromatic rings. The lowest BCUT2D eigenvalue weighted by Gasteiger charge is -2.38. The molecule has 28 heavy (non-hydrogen) atoms. The highest BCUT2D eigenvalue weighted by atomic mass is 16.3. The van der Waals surface area contributed by atoms with Crippen molar-refractivity contribution >= 4 is 11.7 Å². The molecule has 0 saturated carbocycles. The van der Waals surface area contributed by atoms with Gasteiger partial charge in [0, 0.05) is 11.6 Å². The van der Waals surface area contributed by atoms with Gasteiger partial charge in [-0.2, -0.15) is 4.99 Å². The lowest BCUT2D eigenvalue weighted by Crippen LogP contribution is -2.50. The molecule has 0 bridgehead atoms. The van der Waals surface area contributed by atoms with Crippen LogP contribution in [0.4, 0.5) is 0 Å². The first-order chi connectivity index (χ1) is 13.5. The zero-order valence-corrected chi connectivity index (χ0v) is 15.8. The Morgan fingerprint density at radius 2 is 1.39 bits per heavy atom. The SMILES string of the molecule is C[N+]1(C)C(c2ccccc2)=NC(c2ccccc2)=NC1c1ccc(O)cc1O. The molecule has 1 aliphatic rings. The van der Waals surface area contributed by atoms with Crippen LogP contribution in [0.2, 0.25) is 0 Å². The molecule has 1 atom stereocenters. The fourth-order valence-corrected chi connectivity index (χ4v) is 3.51. The van der Waals surface area contributed by atoms with Gasteiger partial charge in [0.2, 0.25) is 12.0 Å². The summed E-state index contributed by atoms with van der Waals surface area (Å²) in [5.41, 5.74) is 2.55. The van der Waals surface area contributed by atoms with Crippen molar-refractivity contribution in [3.8, 4) is 11.5 Å². The number of phenolic OH excluding ortho intramolecular Hbond substituents is 2. The maximum atomic E-state index is 10.5. The molecule has 5 nitrogen and oxygen atoms in total. The maximum Gasteiger partial charge on any atom is 0.238 e. The summed E-state index contributed by atoms with van der Waals surface area (Å²) in [6, 6.07) is 24.5. The van der Waals surface area contributed by atoms with Crippen molar-refractivity contribution < 1.29 is 14.7 Å². The van der Waals surface area contributed by atoms with E-state index in [0.717, 1.165) is 17.0 Å². The molecule has 1 heterocycles. The van der Waals surface area contributed by atoms with Crippen LogP contribution < -0.4 is 0 Å². The molecule has 0 radical (unpaired) electrons. The number of quaternary nitrogens is 1. The van der Waals surface area contributed by atoms with Crippen molar-refractivity contribution in [3.63, 3.8) is 0 Å². The average Bonchev–Trinajstić information content (AvgIpc) is 2.70. The Bertz CT molecular complexity index is 1060. The Labute approximate surface area is 164 Å². The van der Waals surface area contributed by atoms with Crippen LogP contribution in [0.1, 0.15) is 22.9 Å². The summed E-state index contributed by atoms with van der Waals surface area (Å²) in [5.74, 6) is 1.51. The van der Waals surface area contributed by atoms with Crippen LogP contribution >= 0.6 is 0 Å². The molecule has 1 aliphatic heterocycles. The fourth-order valence-electron chi connectivity index (χ4n) is 3.51. The average molecular weight is 372 g/mol. The standard InChI is InChI=1S/C23H21N3O2/c1-26(2)22(17-11-7-4-8-12-17)24-21(16-9-5-3-6-10-16)25-23(26)19-14-13-18(27)15-20(19)28/h3-15,23H,1-2H3,(H-,27,28)/p+1. The van der Waals surface area contributed by atoms with Gasteiger partial charge in [0.15, 0.2) is 5.84 Å². The highest BCUT2D eigenvalue weighted by Gasteiger charge is 2.41. The minimum absolute atomic E-state index is 0.0154. The lowest BCUT2D eigenvalue weighted by molar-refractivity contribution is -0.833. The van der Waals surface area contributed by atoms with E-state index >= 15 is 0 Å². The summed E-state index contributed by atoms with van der Waals surface area (Å²) in [7, 11) is 4.04. The number of aliphatic imine (C=N–C) groups is 2. The highest BCUT2D eigenvalue weighted by Crippen LogP contribution is 2.38. The number of hydrogen-bond donors (Lipinski definition) is 2. The van der Waals surface area contributed by atoms with Crippen molar-refractivity contribution in [2.24, 2.45) is 9.98 Å². The minimum Gasteiger partial charge on any atom is -0.508 e. The van der Waals surface area contributed by atoms with E-state index in [4.69, 9.17) is 9.98 Å². The van der Waals surface area contributed by atoms with Crippen LogP contribution in [0.5, 0.6) is 11.5 Å². The first-order valence-corrected chi connectivity index (χ1v) is 9.10. The van der Waals surface area contributed by atoms with Crippen LogP contribution in [-0.2, 0) is 0 Å². The third kappa shape index (κ3) is 3.17. The number of nitrogens with zero attached hydrogens (tertiary/aromatic N) is 3. The number of rotatable bonds is 3. The molecule has 1 unspecified atom stereocenters. The summed E-state index contributed by atoms with van der Waals surface area (Å²) in [6.45, 7) is 0. The van der Waals surface area contributed by atoms with E-state index in [0.29, 0.717) is 15.9 Å². The van der Waals surface area contributed by atoms with Crippen LogP contribution in [0.3, 0.4) is 0 Å². The topological polar surface area (TPSA) is 65.2 Å². The number of hydrogen-bond acceptors (Lipinski definition) is 4. The van der Waals surface area contributed by atoms with Crippen LogP contribution in [0.15, 0.2) is 88.8 Å². The third-order valence-corrected chi connectivity index (χ3v) is 4.97. The molecule has 0 saturated heterocycles. The van der Waals surface area contributed by atoms with Gasteiger partial charge in [0.05, 0.1) is 25.2 Å². The van der Waals surface area contributed by atoms with Crippen molar-refractivity contribution in [3.05, 3.63) is 95.6 Å². The zero-order chi connectivity index (χ0) is 19.7.